The Balaban J connectivity index is 1.46. The molecule has 0 spiro atoms. The molecule has 0 radical (unpaired) electrons. The Morgan fingerprint density at radius 3 is 2.61 bits per heavy atom. The quantitative estimate of drug-likeness (QED) is 0.459. The van der Waals surface area contributed by atoms with Crippen LogP contribution in [0.1, 0.15) is 37.8 Å². The average molecular weight is 457 g/mol. The second-order valence-electron chi connectivity index (χ2n) is 9.37. The van der Waals surface area contributed by atoms with Gasteiger partial charge in [-0.2, -0.15) is 0 Å². The first kappa shape index (κ1) is 22.2. The molecule has 0 heterocycles. The SMILES string of the molecule is CC1(C)C2CC=C(CN(CCc3ccc(Cl)cc3Cl)C(=O)NCc3ccccc3)C1C2. The molecule has 5 heteroatoms. The molecule has 1 N–H and O–H groups in total. The predicted octanol–water partition coefficient (Wildman–Crippen LogP) is 6.74. The van der Waals surface area contributed by atoms with E-state index in [9.17, 15) is 4.79 Å². The summed E-state index contributed by atoms with van der Waals surface area (Å²) < 4.78 is 0. The number of carbonyl (C=O) groups is 1. The summed E-state index contributed by atoms with van der Waals surface area (Å²) in [6.07, 6.45) is 5.44. The number of amides is 2. The summed E-state index contributed by atoms with van der Waals surface area (Å²) in [5.74, 6) is 1.37. The minimum atomic E-state index is -0.0332. The van der Waals surface area contributed by atoms with Crippen molar-refractivity contribution in [2.24, 2.45) is 17.3 Å². The van der Waals surface area contributed by atoms with Crippen LogP contribution < -0.4 is 5.32 Å². The minimum absolute atomic E-state index is 0.0332. The molecule has 31 heavy (non-hydrogen) atoms. The molecular formula is C26H30Cl2N2O. The third-order valence-electron chi connectivity index (χ3n) is 7.20. The van der Waals surface area contributed by atoms with Gasteiger partial charge in [-0.15, -0.1) is 0 Å². The van der Waals surface area contributed by atoms with Crippen molar-refractivity contribution < 1.29 is 4.79 Å². The van der Waals surface area contributed by atoms with Crippen molar-refractivity contribution in [3.63, 3.8) is 0 Å². The molecule has 5 rings (SSSR count). The first-order chi connectivity index (χ1) is 14.8. The Morgan fingerprint density at radius 2 is 1.94 bits per heavy atom. The van der Waals surface area contributed by atoms with Gasteiger partial charge < -0.3 is 10.2 Å². The fourth-order valence-corrected chi connectivity index (χ4v) is 5.50. The van der Waals surface area contributed by atoms with Gasteiger partial charge in [0.25, 0.3) is 0 Å². The van der Waals surface area contributed by atoms with E-state index < -0.39 is 0 Å². The molecule has 2 bridgehead atoms. The molecule has 3 aliphatic rings. The fraction of sp³-hybridized carbons (Fsp3) is 0.423. The van der Waals surface area contributed by atoms with E-state index in [2.05, 4.69) is 25.2 Å². The van der Waals surface area contributed by atoms with Crippen molar-refractivity contribution in [3.8, 4) is 0 Å². The summed E-state index contributed by atoms with van der Waals surface area (Å²) in [6.45, 7) is 6.54. The lowest BCUT2D eigenvalue weighted by atomic mass is 9.49. The second kappa shape index (κ2) is 9.26. The molecule has 3 aliphatic carbocycles. The maximum Gasteiger partial charge on any atom is 0.317 e. The first-order valence-corrected chi connectivity index (χ1v) is 11.8. The molecule has 1 fully saturated rings. The summed E-state index contributed by atoms with van der Waals surface area (Å²) >= 11 is 12.4. The predicted molar refractivity (Wildman–Crippen MR) is 128 cm³/mol. The van der Waals surface area contributed by atoms with Gasteiger partial charge in [-0.25, -0.2) is 4.79 Å². The largest absolute Gasteiger partial charge is 0.334 e. The Labute approximate surface area is 195 Å². The summed E-state index contributed by atoms with van der Waals surface area (Å²) in [5.41, 5.74) is 3.85. The van der Waals surface area contributed by atoms with Gasteiger partial charge in [-0.05, 0) is 59.8 Å². The number of hydrogen-bond acceptors (Lipinski definition) is 1. The normalized spacial score (nSPS) is 21.1. The molecule has 2 aromatic carbocycles. The van der Waals surface area contributed by atoms with Gasteiger partial charge >= 0.3 is 6.03 Å². The maximum atomic E-state index is 13.2. The molecular weight excluding hydrogens is 427 g/mol. The van der Waals surface area contributed by atoms with Gasteiger partial charge in [0, 0.05) is 29.7 Å². The zero-order chi connectivity index (χ0) is 22.0. The summed E-state index contributed by atoms with van der Waals surface area (Å²) in [6, 6.07) is 15.5. The number of rotatable bonds is 7. The van der Waals surface area contributed by atoms with E-state index >= 15 is 0 Å². The summed E-state index contributed by atoms with van der Waals surface area (Å²) in [4.78, 5) is 15.1. The molecule has 0 saturated heterocycles. The van der Waals surface area contributed by atoms with Crippen molar-refractivity contribution in [1.82, 2.24) is 10.2 Å². The Morgan fingerprint density at radius 1 is 1.16 bits per heavy atom. The highest BCUT2D eigenvalue weighted by Gasteiger charge is 2.51. The lowest BCUT2D eigenvalue weighted by molar-refractivity contribution is -0.00962. The lowest BCUT2D eigenvalue weighted by Gasteiger charge is -2.57. The number of halogens is 2. The second-order valence-corrected chi connectivity index (χ2v) is 10.2. The van der Waals surface area contributed by atoms with Gasteiger partial charge in [0.1, 0.15) is 0 Å². The van der Waals surface area contributed by atoms with Crippen molar-refractivity contribution in [2.45, 2.75) is 39.7 Å². The smallest absolute Gasteiger partial charge is 0.317 e. The number of fused-ring (bicyclic) bond motifs is 1. The number of carbonyl (C=O) groups excluding carboxylic acids is 1. The molecule has 2 unspecified atom stereocenters. The molecule has 0 aliphatic heterocycles. The van der Waals surface area contributed by atoms with Crippen LogP contribution in [0, 0.1) is 17.3 Å². The van der Waals surface area contributed by atoms with Crippen LogP contribution in [0.3, 0.4) is 0 Å². The summed E-state index contributed by atoms with van der Waals surface area (Å²) in [5, 5.41) is 4.38. The third-order valence-corrected chi connectivity index (χ3v) is 7.78. The van der Waals surface area contributed by atoms with E-state index in [1.807, 2.05) is 47.4 Å². The van der Waals surface area contributed by atoms with Gasteiger partial charge in [-0.3, -0.25) is 0 Å². The number of nitrogens with zero attached hydrogens (tertiary/aromatic N) is 1. The van der Waals surface area contributed by atoms with Crippen LogP contribution in [0.25, 0.3) is 0 Å². The number of hydrogen-bond donors (Lipinski definition) is 1. The van der Waals surface area contributed by atoms with Crippen LogP contribution in [-0.4, -0.2) is 24.0 Å². The number of allylic oxidation sites excluding steroid dienone is 1. The third kappa shape index (κ3) is 4.94. The van der Waals surface area contributed by atoms with E-state index in [4.69, 9.17) is 23.2 Å². The number of urea groups is 1. The van der Waals surface area contributed by atoms with Crippen LogP contribution in [0.2, 0.25) is 10.0 Å². The average Bonchev–Trinajstić information content (AvgIpc) is 2.76. The van der Waals surface area contributed by atoms with E-state index in [1.165, 1.54) is 12.0 Å². The molecule has 1 saturated carbocycles. The van der Waals surface area contributed by atoms with Crippen LogP contribution in [0.5, 0.6) is 0 Å². The highest BCUT2D eigenvalue weighted by molar-refractivity contribution is 6.35. The Hall–Kier alpha value is -1.97. The van der Waals surface area contributed by atoms with Crippen LogP contribution in [0.4, 0.5) is 4.79 Å². The molecule has 2 amide bonds. The molecule has 164 valence electrons. The summed E-state index contributed by atoms with van der Waals surface area (Å²) in [7, 11) is 0. The standard InChI is InChI=1S/C26H30Cl2N2O/c1-26(2)21-10-8-20(23(26)14-21)17-30(13-12-19-9-11-22(27)15-24(19)28)25(31)29-16-18-6-4-3-5-7-18/h3-9,11,15,21,23H,10,12-14,16-17H2,1-2H3,(H,29,31). The van der Waals surface area contributed by atoms with E-state index in [0.717, 1.165) is 23.5 Å². The van der Waals surface area contributed by atoms with Gasteiger partial charge in [0.05, 0.1) is 0 Å². The van der Waals surface area contributed by atoms with Gasteiger partial charge in [0.2, 0.25) is 0 Å². The Bertz CT molecular complexity index is 971. The highest BCUT2D eigenvalue weighted by atomic mass is 35.5. The zero-order valence-electron chi connectivity index (χ0n) is 18.2. The van der Waals surface area contributed by atoms with Gasteiger partial charge in [-0.1, -0.05) is 85.1 Å². The van der Waals surface area contributed by atoms with Crippen molar-refractivity contribution in [2.75, 3.05) is 13.1 Å². The van der Waals surface area contributed by atoms with Crippen molar-refractivity contribution in [1.29, 1.82) is 0 Å². The molecule has 0 aromatic heterocycles. The van der Waals surface area contributed by atoms with E-state index in [0.29, 0.717) is 47.4 Å². The maximum absolute atomic E-state index is 13.2. The fourth-order valence-electron chi connectivity index (χ4n) is 4.99. The van der Waals surface area contributed by atoms with E-state index in [-0.39, 0.29) is 6.03 Å². The molecule has 2 aromatic rings. The monoisotopic (exact) mass is 456 g/mol. The first-order valence-electron chi connectivity index (χ1n) is 11.0. The Kier molecular flexibility index (Phi) is 6.64. The minimum Gasteiger partial charge on any atom is -0.334 e. The molecule has 3 nitrogen and oxygen atoms in total. The highest BCUT2D eigenvalue weighted by Crippen LogP contribution is 2.59. The van der Waals surface area contributed by atoms with Crippen molar-refractivity contribution in [3.05, 3.63) is 81.4 Å². The topological polar surface area (TPSA) is 32.3 Å². The molecule has 2 atom stereocenters. The van der Waals surface area contributed by atoms with Crippen LogP contribution in [-0.2, 0) is 13.0 Å². The number of nitrogens with one attached hydrogen (secondary N) is 1. The number of benzene rings is 2. The van der Waals surface area contributed by atoms with Crippen molar-refractivity contribution >= 4 is 29.2 Å². The van der Waals surface area contributed by atoms with Crippen LogP contribution in [0.15, 0.2) is 60.2 Å². The van der Waals surface area contributed by atoms with Crippen LogP contribution >= 0.6 is 23.2 Å². The van der Waals surface area contributed by atoms with E-state index in [1.54, 1.807) is 6.07 Å². The zero-order valence-corrected chi connectivity index (χ0v) is 19.7. The lowest BCUT2D eigenvalue weighted by Crippen LogP contribution is -2.51. The van der Waals surface area contributed by atoms with Gasteiger partial charge in [0.15, 0.2) is 0 Å².